The minimum absolute atomic E-state index is 0.307. The van der Waals surface area contributed by atoms with Gasteiger partial charge in [-0.05, 0) is 36.8 Å². The van der Waals surface area contributed by atoms with Crippen LogP contribution >= 0.6 is 11.8 Å². The van der Waals surface area contributed by atoms with Gasteiger partial charge in [0.15, 0.2) is 0 Å². The van der Waals surface area contributed by atoms with Gasteiger partial charge in [0.1, 0.15) is 11.6 Å². The molecule has 2 aromatic rings. The first-order chi connectivity index (χ1) is 9.16. The van der Waals surface area contributed by atoms with Crippen LogP contribution in [0.3, 0.4) is 0 Å². The van der Waals surface area contributed by atoms with Crippen molar-refractivity contribution in [2.45, 2.75) is 11.8 Å². The minimum Gasteiger partial charge on any atom is -0.492 e. The van der Waals surface area contributed by atoms with Crippen LogP contribution in [0.4, 0.5) is 10.1 Å². The Morgan fingerprint density at radius 1 is 1.21 bits per heavy atom. The quantitative estimate of drug-likeness (QED) is 0.511. The van der Waals surface area contributed by atoms with E-state index in [0.29, 0.717) is 12.3 Å². The molecule has 0 radical (unpaired) electrons. The fourth-order valence-electron chi connectivity index (χ4n) is 1.67. The number of thioether (sulfide) groups is 1. The van der Waals surface area contributed by atoms with Crippen LogP contribution in [0.25, 0.3) is 0 Å². The van der Waals surface area contributed by atoms with Gasteiger partial charge >= 0.3 is 0 Å². The Bertz CT molecular complexity index is 560. The molecule has 0 fully saturated rings. The highest BCUT2D eigenvalue weighted by molar-refractivity contribution is 7.99. The molecular formula is C15H16FNOS. The summed E-state index contributed by atoms with van der Waals surface area (Å²) in [6.45, 7) is 2.60. The Morgan fingerprint density at radius 2 is 2.00 bits per heavy atom. The second kappa shape index (κ2) is 6.48. The molecule has 4 heteroatoms. The van der Waals surface area contributed by atoms with Crippen molar-refractivity contribution in [1.29, 1.82) is 0 Å². The van der Waals surface area contributed by atoms with Crippen molar-refractivity contribution in [2.24, 2.45) is 0 Å². The lowest BCUT2D eigenvalue weighted by Crippen LogP contribution is -2.01. The fraction of sp³-hybridized carbons (Fsp3) is 0.200. The Hall–Kier alpha value is -1.68. The Labute approximate surface area is 116 Å². The topological polar surface area (TPSA) is 35.2 Å². The number of anilines is 1. The van der Waals surface area contributed by atoms with Gasteiger partial charge in [-0.2, -0.15) is 0 Å². The smallest absolute Gasteiger partial charge is 0.125 e. The van der Waals surface area contributed by atoms with Crippen molar-refractivity contribution in [3.8, 4) is 5.75 Å². The summed E-state index contributed by atoms with van der Waals surface area (Å²) in [7, 11) is 0. The zero-order valence-corrected chi connectivity index (χ0v) is 11.5. The van der Waals surface area contributed by atoms with Gasteiger partial charge < -0.3 is 10.5 Å². The third kappa shape index (κ3) is 3.89. The van der Waals surface area contributed by atoms with Crippen LogP contribution in [0.1, 0.15) is 5.56 Å². The number of benzene rings is 2. The molecule has 100 valence electrons. The fourth-order valence-corrected chi connectivity index (χ4v) is 2.45. The summed E-state index contributed by atoms with van der Waals surface area (Å²) in [4.78, 5) is 0.884. The van der Waals surface area contributed by atoms with E-state index in [2.05, 4.69) is 0 Å². The lowest BCUT2D eigenvalue weighted by atomic mass is 10.2. The van der Waals surface area contributed by atoms with Crippen molar-refractivity contribution < 1.29 is 9.13 Å². The van der Waals surface area contributed by atoms with Gasteiger partial charge in [0.05, 0.1) is 6.61 Å². The number of ether oxygens (including phenoxy) is 1. The largest absolute Gasteiger partial charge is 0.492 e. The summed E-state index contributed by atoms with van der Waals surface area (Å²) in [5, 5.41) is 0. The first-order valence-corrected chi connectivity index (χ1v) is 7.01. The first kappa shape index (κ1) is 13.7. The van der Waals surface area contributed by atoms with Crippen LogP contribution in [0.2, 0.25) is 0 Å². The SMILES string of the molecule is Cc1ccccc1OCCSc1ccc(F)cc1N. The second-order valence-corrected chi connectivity index (χ2v) is 5.28. The molecular weight excluding hydrogens is 261 g/mol. The van der Waals surface area contributed by atoms with Crippen molar-refractivity contribution in [3.63, 3.8) is 0 Å². The predicted molar refractivity (Wildman–Crippen MR) is 78.2 cm³/mol. The van der Waals surface area contributed by atoms with E-state index in [4.69, 9.17) is 10.5 Å². The summed E-state index contributed by atoms with van der Waals surface area (Å²) < 4.78 is 18.6. The molecule has 0 amide bonds. The zero-order chi connectivity index (χ0) is 13.7. The van der Waals surface area contributed by atoms with Crippen LogP contribution < -0.4 is 10.5 Å². The lowest BCUT2D eigenvalue weighted by molar-refractivity contribution is 0.341. The Balaban J connectivity index is 1.83. The number of hydrogen-bond acceptors (Lipinski definition) is 3. The van der Waals surface area contributed by atoms with E-state index < -0.39 is 0 Å². The highest BCUT2D eigenvalue weighted by Crippen LogP contribution is 2.25. The minimum atomic E-state index is -0.307. The maximum absolute atomic E-state index is 12.9. The molecule has 0 aliphatic carbocycles. The number of aryl methyl sites for hydroxylation is 1. The van der Waals surface area contributed by atoms with E-state index in [1.54, 1.807) is 17.8 Å². The number of halogens is 1. The molecule has 0 saturated heterocycles. The number of hydrogen-bond donors (Lipinski definition) is 1. The monoisotopic (exact) mass is 277 g/mol. The van der Waals surface area contributed by atoms with E-state index >= 15 is 0 Å². The van der Waals surface area contributed by atoms with Gasteiger partial charge in [-0.3, -0.25) is 0 Å². The third-order valence-corrected chi connectivity index (χ3v) is 3.72. The molecule has 2 aromatic carbocycles. The van der Waals surface area contributed by atoms with Crippen molar-refractivity contribution in [2.75, 3.05) is 18.1 Å². The highest BCUT2D eigenvalue weighted by atomic mass is 32.2. The molecule has 0 aliphatic heterocycles. The molecule has 0 unspecified atom stereocenters. The molecule has 2 rings (SSSR count). The van der Waals surface area contributed by atoms with Gasteiger partial charge in [0.2, 0.25) is 0 Å². The van der Waals surface area contributed by atoms with Gasteiger partial charge in [-0.25, -0.2) is 4.39 Å². The van der Waals surface area contributed by atoms with Crippen molar-refractivity contribution in [3.05, 3.63) is 53.8 Å². The van der Waals surface area contributed by atoms with Crippen LogP contribution in [0.15, 0.2) is 47.4 Å². The molecule has 19 heavy (non-hydrogen) atoms. The molecule has 0 heterocycles. The highest BCUT2D eigenvalue weighted by Gasteiger charge is 2.02. The number of rotatable bonds is 5. The molecule has 0 aliphatic rings. The van der Waals surface area contributed by atoms with E-state index in [0.717, 1.165) is 22.0 Å². The first-order valence-electron chi connectivity index (χ1n) is 6.03. The molecule has 2 N–H and O–H groups in total. The van der Waals surface area contributed by atoms with E-state index in [-0.39, 0.29) is 5.82 Å². The third-order valence-electron chi connectivity index (χ3n) is 2.66. The summed E-state index contributed by atoms with van der Waals surface area (Å²) in [5.41, 5.74) is 7.33. The summed E-state index contributed by atoms with van der Waals surface area (Å²) in [5.74, 6) is 1.36. The van der Waals surface area contributed by atoms with Crippen LogP contribution in [-0.2, 0) is 0 Å². The number of nitrogens with two attached hydrogens (primary N) is 1. The zero-order valence-electron chi connectivity index (χ0n) is 10.7. The summed E-state index contributed by atoms with van der Waals surface area (Å²) in [6, 6.07) is 12.4. The summed E-state index contributed by atoms with van der Waals surface area (Å²) >= 11 is 1.56. The molecule has 0 aromatic heterocycles. The van der Waals surface area contributed by atoms with Gasteiger partial charge in [-0.15, -0.1) is 11.8 Å². The molecule has 0 spiro atoms. The summed E-state index contributed by atoms with van der Waals surface area (Å²) in [6.07, 6.45) is 0. The predicted octanol–water partition coefficient (Wildman–Crippen LogP) is 3.89. The van der Waals surface area contributed by atoms with E-state index in [1.807, 2.05) is 31.2 Å². The van der Waals surface area contributed by atoms with Crippen LogP contribution in [-0.4, -0.2) is 12.4 Å². The lowest BCUT2D eigenvalue weighted by Gasteiger charge is -2.09. The Morgan fingerprint density at radius 3 is 2.74 bits per heavy atom. The average Bonchev–Trinajstić information content (AvgIpc) is 2.38. The molecule has 0 saturated carbocycles. The maximum atomic E-state index is 12.9. The number of nitrogen functional groups attached to an aromatic ring is 1. The van der Waals surface area contributed by atoms with E-state index in [9.17, 15) is 4.39 Å². The van der Waals surface area contributed by atoms with Gasteiger partial charge in [0, 0.05) is 16.3 Å². The van der Waals surface area contributed by atoms with Gasteiger partial charge in [0.25, 0.3) is 0 Å². The van der Waals surface area contributed by atoms with Crippen LogP contribution in [0.5, 0.6) is 5.75 Å². The van der Waals surface area contributed by atoms with Gasteiger partial charge in [-0.1, -0.05) is 18.2 Å². The standard InChI is InChI=1S/C15H16FNOS/c1-11-4-2-3-5-14(11)18-8-9-19-15-7-6-12(16)10-13(15)17/h2-7,10H,8-9,17H2,1H3. The van der Waals surface area contributed by atoms with Crippen molar-refractivity contribution >= 4 is 17.4 Å². The molecule has 0 atom stereocenters. The van der Waals surface area contributed by atoms with Crippen molar-refractivity contribution in [1.82, 2.24) is 0 Å². The van der Waals surface area contributed by atoms with Crippen LogP contribution in [0, 0.1) is 12.7 Å². The van der Waals surface area contributed by atoms with E-state index in [1.165, 1.54) is 12.1 Å². The second-order valence-electron chi connectivity index (χ2n) is 4.14. The Kier molecular flexibility index (Phi) is 4.68. The normalized spacial score (nSPS) is 10.4. The molecule has 2 nitrogen and oxygen atoms in total. The molecule has 0 bridgehead atoms. The maximum Gasteiger partial charge on any atom is 0.125 e. The number of para-hydroxylation sites is 1. The average molecular weight is 277 g/mol.